The zero-order valence-corrected chi connectivity index (χ0v) is 15.6. The van der Waals surface area contributed by atoms with E-state index >= 15 is 0 Å². The molecule has 8 heteroatoms. The number of benzene rings is 1. The largest absolute Gasteiger partial charge is 0.385 e. The summed E-state index contributed by atoms with van der Waals surface area (Å²) in [6, 6.07) is 9.19. The van der Waals surface area contributed by atoms with Gasteiger partial charge in [0.05, 0.1) is 6.04 Å². The minimum Gasteiger partial charge on any atom is -0.385 e. The van der Waals surface area contributed by atoms with Crippen molar-refractivity contribution in [3.8, 4) is 0 Å². The Balaban J connectivity index is 1.90. The molecule has 132 valence electrons. The minimum absolute atomic E-state index is 0.000809. The lowest BCUT2D eigenvalue weighted by Crippen LogP contribution is -2.16. The summed E-state index contributed by atoms with van der Waals surface area (Å²) in [4.78, 5) is 17.2. The van der Waals surface area contributed by atoms with Crippen molar-refractivity contribution in [1.29, 1.82) is 0 Å². The number of rotatable bonds is 7. The highest BCUT2D eigenvalue weighted by atomic mass is 35.5. The highest BCUT2D eigenvalue weighted by Crippen LogP contribution is 2.26. The molecule has 1 unspecified atom stereocenters. The maximum atomic E-state index is 12.1. The maximum Gasteiger partial charge on any atom is 0.275 e. The van der Waals surface area contributed by atoms with Crippen molar-refractivity contribution in [2.24, 2.45) is 0 Å². The topological polar surface area (TPSA) is 68.5 Å². The monoisotopic (exact) mass is 378 g/mol. The van der Waals surface area contributed by atoms with Gasteiger partial charge in [-0.1, -0.05) is 42.0 Å². The minimum atomic E-state index is -0.161. The summed E-state index contributed by atoms with van der Waals surface area (Å²) < 4.78 is 6.55. The third kappa shape index (κ3) is 4.18. The summed E-state index contributed by atoms with van der Waals surface area (Å²) in [6.07, 6.45) is 1.48. The second kappa shape index (κ2) is 7.95. The van der Waals surface area contributed by atoms with Crippen LogP contribution in [0.4, 0.5) is 5.13 Å². The first-order valence-electron chi connectivity index (χ1n) is 8.01. The molecule has 0 saturated heterocycles. The molecule has 3 rings (SSSR count). The van der Waals surface area contributed by atoms with Gasteiger partial charge in [-0.3, -0.25) is 4.79 Å². The number of aryl methyl sites for hydroxylation is 1. The van der Waals surface area contributed by atoms with Gasteiger partial charge in [0.2, 0.25) is 10.1 Å². The van der Waals surface area contributed by atoms with Crippen LogP contribution >= 0.6 is 22.9 Å². The number of hydrogen-bond acceptors (Lipinski definition) is 6. The summed E-state index contributed by atoms with van der Waals surface area (Å²) in [5.41, 5.74) is 1.69. The summed E-state index contributed by atoms with van der Waals surface area (Å²) in [5, 5.41) is 9.09. The quantitative estimate of drug-likeness (QED) is 0.680. The van der Waals surface area contributed by atoms with Crippen LogP contribution in [0.3, 0.4) is 0 Å². The zero-order chi connectivity index (χ0) is 17.8. The fourth-order valence-corrected chi connectivity index (χ4v) is 3.50. The van der Waals surface area contributed by atoms with E-state index in [-0.39, 0.29) is 11.6 Å². The van der Waals surface area contributed by atoms with Gasteiger partial charge in [-0.25, -0.2) is 4.98 Å². The molecule has 6 nitrogen and oxygen atoms in total. The molecule has 1 N–H and O–H groups in total. The van der Waals surface area contributed by atoms with E-state index in [1.54, 1.807) is 7.11 Å². The number of aromatic nitrogens is 3. The number of hydrogen-bond donors (Lipinski definition) is 1. The van der Waals surface area contributed by atoms with Gasteiger partial charge in [-0.05, 0) is 30.5 Å². The van der Waals surface area contributed by atoms with E-state index in [0.29, 0.717) is 28.1 Å². The Bertz CT molecular complexity index is 907. The fourth-order valence-electron chi connectivity index (χ4n) is 2.50. The average Bonchev–Trinajstić information content (AvgIpc) is 3.02. The Morgan fingerprint density at radius 2 is 2.12 bits per heavy atom. The van der Waals surface area contributed by atoms with Crippen molar-refractivity contribution in [1.82, 2.24) is 14.6 Å². The molecular formula is C17H19ClN4O2S. The number of halogens is 1. The van der Waals surface area contributed by atoms with Crippen molar-refractivity contribution in [2.75, 3.05) is 19.0 Å². The van der Waals surface area contributed by atoms with Crippen molar-refractivity contribution in [3.05, 3.63) is 57.0 Å². The molecule has 0 bridgehead atoms. The Hall–Kier alpha value is -1.96. The molecule has 0 spiro atoms. The summed E-state index contributed by atoms with van der Waals surface area (Å²) >= 11 is 7.34. The molecule has 25 heavy (non-hydrogen) atoms. The van der Waals surface area contributed by atoms with Crippen molar-refractivity contribution < 1.29 is 4.74 Å². The standard InChI is InChI=1S/C17H19ClN4O2S/c1-3-13-10-15(23)22-17(19-13)25-16(21-22)20-14(8-9-24-2)11-4-6-12(18)7-5-11/h4-7,10,14H,3,8-9H2,1-2H3,(H,20,21). The Kier molecular flexibility index (Phi) is 5.67. The van der Waals surface area contributed by atoms with Crippen LogP contribution in [0.25, 0.3) is 4.96 Å². The molecule has 0 aliphatic carbocycles. The van der Waals surface area contributed by atoms with Crippen molar-refractivity contribution in [3.63, 3.8) is 0 Å². The predicted molar refractivity (Wildman–Crippen MR) is 101 cm³/mol. The molecule has 2 aromatic heterocycles. The van der Waals surface area contributed by atoms with Crippen LogP contribution in [0, 0.1) is 0 Å². The smallest absolute Gasteiger partial charge is 0.275 e. The second-order valence-electron chi connectivity index (χ2n) is 5.57. The zero-order valence-electron chi connectivity index (χ0n) is 14.0. The molecule has 1 atom stereocenters. The van der Waals surface area contributed by atoms with Crippen LogP contribution < -0.4 is 10.9 Å². The molecule has 0 fully saturated rings. The summed E-state index contributed by atoms with van der Waals surface area (Å²) in [6.45, 7) is 2.57. The number of fused-ring (bicyclic) bond motifs is 1. The van der Waals surface area contributed by atoms with E-state index in [9.17, 15) is 4.79 Å². The maximum absolute atomic E-state index is 12.1. The first-order valence-corrected chi connectivity index (χ1v) is 9.21. The van der Waals surface area contributed by atoms with Gasteiger partial charge in [0, 0.05) is 30.5 Å². The van der Waals surface area contributed by atoms with Crippen LogP contribution in [0.1, 0.15) is 30.6 Å². The Morgan fingerprint density at radius 1 is 1.36 bits per heavy atom. The normalized spacial score (nSPS) is 12.4. The average molecular weight is 379 g/mol. The van der Waals surface area contributed by atoms with Crippen LogP contribution in [0.15, 0.2) is 35.1 Å². The van der Waals surface area contributed by atoms with Crippen LogP contribution in [-0.4, -0.2) is 28.3 Å². The van der Waals surface area contributed by atoms with Crippen LogP contribution in [0.2, 0.25) is 5.02 Å². The molecule has 0 amide bonds. The van der Waals surface area contributed by atoms with Crippen molar-refractivity contribution in [2.45, 2.75) is 25.8 Å². The molecule has 0 saturated carbocycles. The highest BCUT2D eigenvalue weighted by molar-refractivity contribution is 7.20. The Labute approximate surface area is 154 Å². The molecular weight excluding hydrogens is 360 g/mol. The van der Waals surface area contributed by atoms with Gasteiger partial charge in [-0.15, -0.1) is 5.10 Å². The summed E-state index contributed by atoms with van der Waals surface area (Å²) in [7, 11) is 1.67. The molecule has 0 aliphatic rings. The number of ether oxygens (including phenoxy) is 1. The summed E-state index contributed by atoms with van der Waals surface area (Å²) in [5.74, 6) is 0. The lowest BCUT2D eigenvalue weighted by atomic mass is 10.0. The molecule has 1 aromatic carbocycles. The molecule has 0 aliphatic heterocycles. The predicted octanol–water partition coefficient (Wildman–Crippen LogP) is 3.56. The van der Waals surface area contributed by atoms with Gasteiger partial charge in [0.15, 0.2) is 0 Å². The first kappa shape index (κ1) is 17.8. The number of nitrogens with zero attached hydrogens (tertiary/aromatic N) is 3. The second-order valence-corrected chi connectivity index (χ2v) is 6.96. The highest BCUT2D eigenvalue weighted by Gasteiger charge is 2.15. The molecule has 3 aromatic rings. The van der Waals surface area contributed by atoms with E-state index in [4.69, 9.17) is 16.3 Å². The van der Waals surface area contributed by atoms with Crippen LogP contribution in [-0.2, 0) is 11.2 Å². The van der Waals surface area contributed by atoms with E-state index in [2.05, 4.69) is 15.4 Å². The lowest BCUT2D eigenvalue weighted by Gasteiger charge is -2.18. The van der Waals surface area contributed by atoms with E-state index < -0.39 is 0 Å². The van der Waals surface area contributed by atoms with Gasteiger partial charge >= 0.3 is 0 Å². The van der Waals surface area contributed by atoms with E-state index in [0.717, 1.165) is 17.7 Å². The fraction of sp³-hybridized carbons (Fsp3) is 0.353. The van der Waals surface area contributed by atoms with Crippen LogP contribution in [0.5, 0.6) is 0 Å². The van der Waals surface area contributed by atoms with Crippen molar-refractivity contribution >= 4 is 33.0 Å². The third-order valence-corrected chi connectivity index (χ3v) is 4.93. The lowest BCUT2D eigenvalue weighted by molar-refractivity contribution is 0.190. The van der Waals surface area contributed by atoms with Gasteiger partial charge in [0.1, 0.15) is 0 Å². The molecule has 0 radical (unpaired) electrons. The number of nitrogens with one attached hydrogen (secondary N) is 1. The van der Waals surface area contributed by atoms with Gasteiger partial charge in [0.25, 0.3) is 5.56 Å². The SMILES string of the molecule is CCc1cc(=O)n2nc(NC(CCOC)c3ccc(Cl)cc3)sc2n1. The van der Waals surface area contributed by atoms with E-state index in [1.165, 1.54) is 21.9 Å². The molecule has 2 heterocycles. The van der Waals surface area contributed by atoms with Gasteiger partial charge < -0.3 is 10.1 Å². The van der Waals surface area contributed by atoms with Gasteiger partial charge in [-0.2, -0.15) is 4.52 Å². The third-order valence-electron chi connectivity index (χ3n) is 3.84. The Morgan fingerprint density at radius 3 is 2.80 bits per heavy atom. The number of methoxy groups -OCH3 is 1. The first-order chi connectivity index (χ1) is 12.1. The van der Waals surface area contributed by atoms with E-state index in [1.807, 2.05) is 31.2 Å². The number of anilines is 1.